The van der Waals surface area contributed by atoms with Gasteiger partial charge in [-0.15, -0.1) is 5.10 Å². The van der Waals surface area contributed by atoms with Gasteiger partial charge in [0.25, 0.3) is 0 Å². The molecular weight excluding hydrogens is 449 g/mol. The fourth-order valence-electron chi connectivity index (χ4n) is 6.76. The van der Waals surface area contributed by atoms with Crippen LogP contribution in [0.2, 0.25) is 0 Å². The molecule has 3 aliphatic carbocycles. The lowest BCUT2D eigenvalue weighted by molar-refractivity contribution is -0.141. The standard InChI is InChI=1S/C22H27F3N8O/c23-22(24,25)16-8-33(30-27-16)7-13-3-20(4-13)9-31(10-20)19(34)32-11-21(12-32)5-15(6-21)18-26-17(28-29-18)14-1-2-14/h8,13-15H,1-7,9-12H2,(H,26,28,29). The van der Waals surface area contributed by atoms with Crippen LogP contribution in [0.5, 0.6) is 0 Å². The van der Waals surface area contributed by atoms with Crippen LogP contribution in [-0.4, -0.2) is 72.2 Å². The van der Waals surface area contributed by atoms with Crippen LogP contribution in [0, 0.1) is 16.7 Å². The molecule has 2 aromatic rings. The minimum atomic E-state index is -4.46. The lowest BCUT2D eigenvalue weighted by Gasteiger charge is -2.63. The van der Waals surface area contributed by atoms with E-state index in [4.69, 9.17) is 0 Å². The van der Waals surface area contributed by atoms with Gasteiger partial charge in [0.2, 0.25) is 0 Å². The third-order valence-corrected chi connectivity index (χ3v) is 8.57. The SMILES string of the molecule is O=C(N1CC2(CC(Cn3cc(C(F)(F)F)nn3)C2)C1)N1CC2(CC(c3nc(C4CC4)n[nH]3)C2)C1. The van der Waals surface area contributed by atoms with Crippen molar-refractivity contribution in [2.24, 2.45) is 16.7 Å². The van der Waals surface area contributed by atoms with E-state index < -0.39 is 11.9 Å². The van der Waals surface area contributed by atoms with Crippen LogP contribution in [0.4, 0.5) is 18.0 Å². The fourth-order valence-corrected chi connectivity index (χ4v) is 6.76. The monoisotopic (exact) mass is 476 g/mol. The Morgan fingerprint density at radius 3 is 2.26 bits per heavy atom. The molecule has 0 unspecified atom stereocenters. The molecule has 2 aliphatic heterocycles. The van der Waals surface area contributed by atoms with Gasteiger partial charge in [-0.05, 0) is 44.4 Å². The molecule has 2 amide bonds. The third kappa shape index (κ3) is 3.31. The van der Waals surface area contributed by atoms with Crippen molar-refractivity contribution in [3.8, 4) is 0 Å². The molecule has 5 aliphatic rings. The predicted octanol–water partition coefficient (Wildman–Crippen LogP) is 3.00. The van der Waals surface area contributed by atoms with E-state index in [0.717, 1.165) is 69.7 Å². The molecule has 0 aromatic carbocycles. The van der Waals surface area contributed by atoms with Crippen molar-refractivity contribution in [2.75, 3.05) is 26.2 Å². The second-order valence-electron chi connectivity index (χ2n) is 11.6. The number of likely N-dealkylation sites (tertiary alicyclic amines) is 2. The van der Waals surface area contributed by atoms with E-state index in [1.165, 1.54) is 17.5 Å². The number of carbonyl (C=O) groups excluding carboxylic acids is 1. The minimum Gasteiger partial charge on any atom is -0.323 e. The topological polar surface area (TPSA) is 95.8 Å². The van der Waals surface area contributed by atoms with Crippen LogP contribution in [0.1, 0.15) is 67.7 Å². The number of nitrogens with zero attached hydrogens (tertiary/aromatic N) is 7. The Morgan fingerprint density at radius 2 is 1.68 bits per heavy atom. The number of aromatic amines is 1. The van der Waals surface area contributed by atoms with Gasteiger partial charge in [0.05, 0.1) is 6.20 Å². The van der Waals surface area contributed by atoms with Crippen molar-refractivity contribution in [1.82, 2.24) is 40.0 Å². The smallest absolute Gasteiger partial charge is 0.323 e. The molecule has 4 heterocycles. The number of rotatable bonds is 4. The van der Waals surface area contributed by atoms with Gasteiger partial charge in [-0.1, -0.05) is 5.21 Å². The highest BCUT2D eigenvalue weighted by Gasteiger charge is 2.58. The Bertz CT molecular complexity index is 1110. The normalized spacial score (nSPS) is 25.7. The Kier molecular flexibility index (Phi) is 4.09. The summed E-state index contributed by atoms with van der Waals surface area (Å²) in [7, 11) is 0. The van der Waals surface area contributed by atoms with Crippen molar-refractivity contribution in [3.05, 3.63) is 23.5 Å². The van der Waals surface area contributed by atoms with Crippen LogP contribution in [0.3, 0.4) is 0 Å². The molecule has 0 atom stereocenters. The molecule has 2 aromatic heterocycles. The summed E-state index contributed by atoms with van der Waals surface area (Å²) >= 11 is 0. The molecule has 1 N–H and O–H groups in total. The Hall–Kier alpha value is -2.66. The van der Waals surface area contributed by atoms with Gasteiger partial charge in [-0.3, -0.25) is 9.78 Å². The molecule has 3 saturated carbocycles. The average molecular weight is 477 g/mol. The van der Waals surface area contributed by atoms with Crippen molar-refractivity contribution in [3.63, 3.8) is 0 Å². The highest BCUT2D eigenvalue weighted by Crippen LogP contribution is 2.57. The summed E-state index contributed by atoms with van der Waals surface area (Å²) in [5, 5.41) is 14.3. The van der Waals surface area contributed by atoms with Gasteiger partial charge in [0.1, 0.15) is 5.82 Å². The molecular formula is C22H27F3N8O. The molecule has 12 heteroatoms. The number of nitrogens with one attached hydrogen (secondary N) is 1. The lowest BCUT2D eigenvalue weighted by atomic mass is 9.57. The number of aromatic nitrogens is 6. The summed E-state index contributed by atoms with van der Waals surface area (Å²) < 4.78 is 39.3. The zero-order valence-electron chi connectivity index (χ0n) is 18.8. The molecule has 2 spiro atoms. The largest absolute Gasteiger partial charge is 0.436 e. The summed E-state index contributed by atoms with van der Waals surface area (Å²) in [6.07, 6.45) is 2.89. The number of alkyl halides is 3. The number of carbonyl (C=O) groups is 1. The van der Waals surface area contributed by atoms with Gasteiger partial charge in [-0.2, -0.15) is 18.3 Å². The third-order valence-electron chi connectivity index (χ3n) is 8.57. The Morgan fingerprint density at radius 1 is 1.03 bits per heavy atom. The fraction of sp³-hybridized carbons (Fsp3) is 0.773. The maximum atomic E-state index is 12.9. The maximum absolute atomic E-state index is 12.9. The van der Waals surface area contributed by atoms with E-state index in [1.54, 1.807) is 0 Å². The number of H-pyrrole nitrogens is 1. The highest BCUT2D eigenvalue weighted by molar-refractivity contribution is 5.77. The van der Waals surface area contributed by atoms with Crippen LogP contribution in [-0.2, 0) is 12.7 Å². The van der Waals surface area contributed by atoms with Gasteiger partial charge in [0.15, 0.2) is 11.5 Å². The second kappa shape index (κ2) is 6.72. The van der Waals surface area contributed by atoms with Crippen LogP contribution < -0.4 is 0 Å². The van der Waals surface area contributed by atoms with E-state index in [1.807, 2.05) is 9.80 Å². The summed E-state index contributed by atoms with van der Waals surface area (Å²) in [6.45, 7) is 3.60. The zero-order valence-corrected chi connectivity index (χ0v) is 18.8. The summed E-state index contributed by atoms with van der Waals surface area (Å²) in [5.41, 5.74) is -0.552. The number of hydrogen-bond acceptors (Lipinski definition) is 5. The average Bonchev–Trinajstić information content (AvgIpc) is 3.19. The number of amides is 2. The molecule has 2 saturated heterocycles. The lowest BCUT2D eigenvalue weighted by Crippen LogP contribution is -2.71. The molecule has 0 bridgehead atoms. The number of hydrogen-bond donors (Lipinski definition) is 1. The van der Waals surface area contributed by atoms with Gasteiger partial charge in [0, 0.05) is 55.4 Å². The van der Waals surface area contributed by atoms with Crippen LogP contribution in [0.25, 0.3) is 0 Å². The summed E-state index contributed by atoms with van der Waals surface area (Å²) in [6, 6.07) is 0.130. The van der Waals surface area contributed by atoms with Crippen molar-refractivity contribution < 1.29 is 18.0 Å². The van der Waals surface area contributed by atoms with Gasteiger partial charge < -0.3 is 9.80 Å². The first-order chi connectivity index (χ1) is 16.2. The van der Waals surface area contributed by atoms with E-state index >= 15 is 0 Å². The first-order valence-electron chi connectivity index (χ1n) is 12.1. The quantitative estimate of drug-likeness (QED) is 0.732. The van der Waals surface area contributed by atoms with E-state index in [0.29, 0.717) is 18.4 Å². The van der Waals surface area contributed by atoms with E-state index in [-0.39, 0.29) is 22.8 Å². The molecule has 0 radical (unpaired) electrons. The van der Waals surface area contributed by atoms with Gasteiger partial charge >= 0.3 is 12.2 Å². The maximum Gasteiger partial charge on any atom is 0.436 e. The highest BCUT2D eigenvalue weighted by atomic mass is 19.4. The summed E-state index contributed by atoms with van der Waals surface area (Å²) in [5.74, 6) is 3.27. The van der Waals surface area contributed by atoms with Crippen LogP contribution >= 0.6 is 0 Å². The number of urea groups is 1. The van der Waals surface area contributed by atoms with E-state index in [2.05, 4.69) is 25.5 Å². The first kappa shape index (κ1) is 20.7. The molecule has 9 nitrogen and oxygen atoms in total. The predicted molar refractivity (Wildman–Crippen MR) is 111 cm³/mol. The number of halogens is 3. The van der Waals surface area contributed by atoms with Gasteiger partial charge in [-0.25, -0.2) is 9.78 Å². The van der Waals surface area contributed by atoms with Crippen LogP contribution in [0.15, 0.2) is 6.20 Å². The second-order valence-corrected chi connectivity index (χ2v) is 11.6. The minimum absolute atomic E-state index is 0.130. The molecule has 7 rings (SSSR count). The molecule has 34 heavy (non-hydrogen) atoms. The van der Waals surface area contributed by atoms with Crippen molar-refractivity contribution >= 4 is 6.03 Å². The molecule has 182 valence electrons. The van der Waals surface area contributed by atoms with E-state index in [9.17, 15) is 18.0 Å². The first-order valence-corrected chi connectivity index (χ1v) is 12.1. The zero-order chi connectivity index (χ0) is 23.3. The van der Waals surface area contributed by atoms with Crippen molar-refractivity contribution in [1.29, 1.82) is 0 Å². The Balaban J connectivity index is 0.844. The van der Waals surface area contributed by atoms with Crippen molar-refractivity contribution in [2.45, 2.75) is 63.1 Å². The summed E-state index contributed by atoms with van der Waals surface area (Å²) in [4.78, 5) is 21.4. The Labute approximate surface area is 194 Å². The molecule has 5 fully saturated rings.